The Morgan fingerprint density at radius 2 is 1.93 bits per heavy atom. The Hall–Kier alpha value is -2.60. The summed E-state index contributed by atoms with van der Waals surface area (Å²) in [6, 6.07) is 11.1. The van der Waals surface area contributed by atoms with E-state index in [1.165, 1.54) is 11.6 Å². The first-order valence-corrected chi connectivity index (χ1v) is 9.08. The topological polar surface area (TPSA) is 80.0 Å². The molecule has 27 heavy (non-hydrogen) atoms. The molecule has 1 fully saturated rings. The number of carboxylic acids is 1. The van der Waals surface area contributed by atoms with E-state index in [0.29, 0.717) is 18.8 Å². The molecule has 2 aromatic rings. The Balaban J connectivity index is 1.63. The molecule has 1 saturated heterocycles. The van der Waals surface area contributed by atoms with Gasteiger partial charge in [-0.15, -0.1) is 0 Å². The minimum Gasteiger partial charge on any atom is -0.475 e. The van der Waals surface area contributed by atoms with Crippen molar-refractivity contribution in [3.63, 3.8) is 0 Å². The third kappa shape index (κ3) is 4.39. The molecular formula is C21H25NO5. The molecule has 1 aliphatic heterocycles. The van der Waals surface area contributed by atoms with E-state index in [9.17, 15) is 9.59 Å². The monoisotopic (exact) mass is 371 g/mol. The van der Waals surface area contributed by atoms with Gasteiger partial charge in [-0.05, 0) is 41.7 Å². The molecule has 0 aliphatic carbocycles. The zero-order valence-corrected chi connectivity index (χ0v) is 15.9. The van der Waals surface area contributed by atoms with Crippen molar-refractivity contribution in [1.82, 2.24) is 0 Å². The van der Waals surface area contributed by atoms with Crippen LogP contribution in [0.2, 0.25) is 0 Å². The van der Waals surface area contributed by atoms with Crippen LogP contribution >= 0.6 is 0 Å². The molecule has 0 radical (unpaired) electrons. The molecular weight excluding hydrogens is 346 g/mol. The van der Waals surface area contributed by atoms with Crippen molar-refractivity contribution >= 4 is 17.6 Å². The molecule has 144 valence electrons. The van der Waals surface area contributed by atoms with E-state index in [2.05, 4.69) is 32.9 Å². The second kappa shape index (κ2) is 7.56. The van der Waals surface area contributed by atoms with Gasteiger partial charge in [-0.3, -0.25) is 4.79 Å². The molecule has 1 N–H and O–H groups in total. The van der Waals surface area contributed by atoms with Gasteiger partial charge in [0.15, 0.2) is 0 Å². The van der Waals surface area contributed by atoms with Crippen LogP contribution in [0.3, 0.4) is 0 Å². The number of hydrogen-bond donors (Lipinski definition) is 1. The minimum atomic E-state index is -1.10. The molecule has 2 heterocycles. The Labute approximate surface area is 158 Å². The lowest BCUT2D eigenvalue weighted by molar-refractivity contribution is -0.117. The van der Waals surface area contributed by atoms with Gasteiger partial charge in [0, 0.05) is 12.1 Å². The molecule has 6 nitrogen and oxygen atoms in total. The molecule has 0 saturated carbocycles. The average Bonchev–Trinajstić information content (AvgIpc) is 3.22. The van der Waals surface area contributed by atoms with Crippen LogP contribution in [0.25, 0.3) is 0 Å². The lowest BCUT2D eigenvalue weighted by Gasteiger charge is -2.26. The van der Waals surface area contributed by atoms with Crippen LogP contribution in [0.15, 0.2) is 40.8 Å². The average molecular weight is 371 g/mol. The highest BCUT2D eigenvalue weighted by atomic mass is 16.5. The molecule has 3 rings (SSSR count). The van der Waals surface area contributed by atoms with E-state index in [0.717, 1.165) is 12.1 Å². The van der Waals surface area contributed by atoms with E-state index in [1.807, 2.05) is 12.1 Å². The number of aromatic carboxylic acids is 1. The minimum absolute atomic E-state index is 0.0353. The van der Waals surface area contributed by atoms with Crippen molar-refractivity contribution in [3.8, 4) is 0 Å². The summed E-state index contributed by atoms with van der Waals surface area (Å²) in [5.41, 5.74) is 2.16. The number of ether oxygens (including phenoxy) is 1. The maximum absolute atomic E-state index is 12.4. The van der Waals surface area contributed by atoms with E-state index in [4.69, 9.17) is 14.3 Å². The van der Waals surface area contributed by atoms with Gasteiger partial charge in [0.05, 0.1) is 12.6 Å². The highest BCUT2D eigenvalue weighted by molar-refractivity contribution is 5.96. The van der Waals surface area contributed by atoms with E-state index >= 15 is 0 Å². The number of benzene rings is 1. The normalized spacial score (nSPS) is 17.5. The molecule has 0 spiro atoms. The number of anilines is 1. The van der Waals surface area contributed by atoms with Gasteiger partial charge in [-0.2, -0.15) is 0 Å². The molecule has 1 amide bonds. The highest BCUT2D eigenvalue weighted by Gasteiger charge is 2.32. The first kappa shape index (κ1) is 19.2. The summed E-state index contributed by atoms with van der Waals surface area (Å²) in [7, 11) is 0. The summed E-state index contributed by atoms with van der Waals surface area (Å²) in [4.78, 5) is 25.0. The van der Waals surface area contributed by atoms with Crippen molar-refractivity contribution < 1.29 is 23.8 Å². The first-order chi connectivity index (χ1) is 12.8. The van der Waals surface area contributed by atoms with Crippen molar-refractivity contribution in [2.45, 2.75) is 51.7 Å². The van der Waals surface area contributed by atoms with Gasteiger partial charge in [0.25, 0.3) is 0 Å². The van der Waals surface area contributed by atoms with Crippen LogP contribution in [-0.2, 0) is 21.6 Å². The van der Waals surface area contributed by atoms with Crippen molar-refractivity contribution in [2.75, 3.05) is 11.5 Å². The van der Waals surface area contributed by atoms with Gasteiger partial charge in [0.2, 0.25) is 11.7 Å². The van der Waals surface area contributed by atoms with Crippen LogP contribution in [0.4, 0.5) is 5.69 Å². The number of nitrogens with zero attached hydrogens (tertiary/aromatic N) is 1. The summed E-state index contributed by atoms with van der Waals surface area (Å²) in [5.74, 6) is -0.659. The Morgan fingerprint density at radius 3 is 2.52 bits per heavy atom. The maximum atomic E-state index is 12.4. The molecule has 1 atom stereocenters. The first-order valence-electron chi connectivity index (χ1n) is 9.08. The van der Waals surface area contributed by atoms with E-state index in [1.54, 1.807) is 11.0 Å². The number of rotatable bonds is 6. The standard InChI is InChI=1S/C21H25NO5/c1-21(2,3)14-4-6-15(7-5-14)22-16(8-11-19(22)23)12-26-13-17-9-10-18(27-17)20(24)25/h4-7,9-10,16H,8,11-13H2,1-3H3,(H,24,25)/t16-/m1/s1. The Kier molecular flexibility index (Phi) is 5.37. The number of hydrogen-bond acceptors (Lipinski definition) is 4. The third-order valence-corrected chi connectivity index (χ3v) is 4.76. The van der Waals surface area contributed by atoms with Crippen LogP contribution in [0.1, 0.15) is 55.5 Å². The lowest BCUT2D eigenvalue weighted by atomic mass is 9.87. The fourth-order valence-electron chi connectivity index (χ4n) is 3.24. The number of amides is 1. The summed E-state index contributed by atoms with van der Waals surface area (Å²) < 4.78 is 10.9. The van der Waals surface area contributed by atoms with Gasteiger partial charge < -0.3 is 19.2 Å². The predicted molar refractivity (Wildman–Crippen MR) is 101 cm³/mol. The van der Waals surface area contributed by atoms with Crippen molar-refractivity contribution in [2.24, 2.45) is 0 Å². The molecule has 1 aromatic carbocycles. The fourth-order valence-corrected chi connectivity index (χ4v) is 3.24. The summed E-state index contributed by atoms with van der Waals surface area (Å²) in [5, 5.41) is 8.88. The van der Waals surface area contributed by atoms with Crippen LogP contribution in [0, 0.1) is 0 Å². The molecule has 1 aromatic heterocycles. The van der Waals surface area contributed by atoms with Gasteiger partial charge in [-0.1, -0.05) is 32.9 Å². The van der Waals surface area contributed by atoms with Crippen LogP contribution in [-0.4, -0.2) is 29.6 Å². The molecule has 0 bridgehead atoms. The Morgan fingerprint density at radius 1 is 1.22 bits per heavy atom. The Bertz CT molecular complexity index is 816. The predicted octanol–water partition coefficient (Wildman–Crippen LogP) is 3.99. The quantitative estimate of drug-likeness (QED) is 0.830. The van der Waals surface area contributed by atoms with Crippen LogP contribution < -0.4 is 4.90 Å². The van der Waals surface area contributed by atoms with Crippen LogP contribution in [0.5, 0.6) is 0 Å². The second-order valence-electron chi connectivity index (χ2n) is 7.84. The zero-order valence-electron chi connectivity index (χ0n) is 15.9. The lowest BCUT2D eigenvalue weighted by Crippen LogP contribution is -2.36. The number of carboxylic acid groups (broad SMARTS) is 1. The smallest absolute Gasteiger partial charge is 0.371 e. The third-order valence-electron chi connectivity index (χ3n) is 4.76. The second-order valence-corrected chi connectivity index (χ2v) is 7.84. The van der Waals surface area contributed by atoms with Gasteiger partial charge in [-0.25, -0.2) is 4.79 Å². The van der Waals surface area contributed by atoms with Gasteiger partial charge in [0.1, 0.15) is 12.4 Å². The number of furan rings is 1. The van der Waals surface area contributed by atoms with Crippen molar-refractivity contribution in [1.29, 1.82) is 0 Å². The van der Waals surface area contributed by atoms with Crippen molar-refractivity contribution in [3.05, 3.63) is 53.5 Å². The zero-order chi connectivity index (χ0) is 19.6. The molecule has 6 heteroatoms. The van der Waals surface area contributed by atoms with Gasteiger partial charge >= 0.3 is 5.97 Å². The molecule has 0 unspecified atom stereocenters. The SMILES string of the molecule is CC(C)(C)c1ccc(N2C(=O)CC[C@@H]2COCc2ccc(C(=O)O)o2)cc1. The highest BCUT2D eigenvalue weighted by Crippen LogP contribution is 2.30. The van der Waals surface area contributed by atoms with E-state index < -0.39 is 5.97 Å². The number of carbonyl (C=O) groups is 2. The summed E-state index contributed by atoms with van der Waals surface area (Å²) in [6.45, 7) is 7.02. The maximum Gasteiger partial charge on any atom is 0.371 e. The summed E-state index contributed by atoms with van der Waals surface area (Å²) >= 11 is 0. The number of carbonyl (C=O) groups excluding carboxylic acids is 1. The fraction of sp³-hybridized carbons (Fsp3) is 0.429. The van der Waals surface area contributed by atoms with E-state index in [-0.39, 0.29) is 29.7 Å². The molecule has 1 aliphatic rings. The summed E-state index contributed by atoms with van der Waals surface area (Å²) in [6.07, 6.45) is 1.23. The largest absolute Gasteiger partial charge is 0.475 e.